The molecule has 0 aliphatic carbocycles. The van der Waals surface area contributed by atoms with E-state index in [-0.39, 0.29) is 0 Å². The van der Waals surface area contributed by atoms with Gasteiger partial charge >= 0.3 is 0 Å². The normalized spacial score (nSPS) is 10.9. The highest BCUT2D eigenvalue weighted by Crippen LogP contribution is 2.15. The Morgan fingerprint density at radius 2 is 2.14 bits per heavy atom. The second-order valence-corrected chi connectivity index (χ2v) is 4.63. The summed E-state index contributed by atoms with van der Waals surface area (Å²) in [6.45, 7) is 5.43. The lowest BCUT2D eigenvalue weighted by Crippen LogP contribution is -2.11. The van der Waals surface area contributed by atoms with Crippen LogP contribution in [0.15, 0.2) is 24.3 Å². The first-order valence-corrected chi connectivity index (χ1v) is 6.42. The predicted molar refractivity (Wildman–Crippen MR) is 65.8 cm³/mol. The van der Waals surface area contributed by atoms with Crippen molar-refractivity contribution < 1.29 is 0 Å². The summed E-state index contributed by atoms with van der Waals surface area (Å²) in [5.74, 6) is 1.64. The maximum atomic E-state index is 3.38. The fourth-order valence-electron chi connectivity index (χ4n) is 1.36. The number of rotatable bonds is 5. The minimum Gasteiger partial charge on any atom is -0.304 e. The van der Waals surface area contributed by atoms with Crippen LogP contribution in [0.25, 0.3) is 0 Å². The zero-order valence-corrected chi connectivity index (χ0v) is 10.0. The van der Waals surface area contributed by atoms with E-state index in [1.54, 1.807) is 0 Å². The molecule has 1 N–H and O–H groups in total. The first-order valence-electron chi connectivity index (χ1n) is 5.02. The van der Waals surface area contributed by atoms with Crippen LogP contribution in [-0.4, -0.2) is 12.1 Å². The molecule has 0 spiro atoms. The summed E-state index contributed by atoms with van der Waals surface area (Å²) in [7, 11) is 0. The molecule has 0 aliphatic rings. The van der Waals surface area contributed by atoms with E-state index in [4.69, 9.17) is 0 Å². The smallest absolute Gasteiger partial charge is 0.0417 e. The van der Waals surface area contributed by atoms with Gasteiger partial charge in [0.25, 0.3) is 0 Å². The third kappa shape index (κ3) is 3.72. The van der Waals surface area contributed by atoms with Gasteiger partial charge in [0.05, 0.1) is 0 Å². The van der Waals surface area contributed by atoms with Crippen molar-refractivity contribution in [3.05, 3.63) is 35.4 Å². The van der Waals surface area contributed by atoms with Crippen molar-refractivity contribution >= 4 is 11.8 Å². The van der Waals surface area contributed by atoms with Crippen molar-refractivity contribution in [3.63, 3.8) is 0 Å². The largest absolute Gasteiger partial charge is 0.304 e. The molecule has 2 heteroatoms. The van der Waals surface area contributed by atoms with Crippen LogP contribution in [0.3, 0.4) is 0 Å². The molecule has 1 rings (SSSR count). The molecule has 1 aromatic rings. The van der Waals surface area contributed by atoms with Crippen molar-refractivity contribution in [3.8, 4) is 0 Å². The highest BCUT2D eigenvalue weighted by atomic mass is 32.2. The zero-order valence-electron chi connectivity index (χ0n) is 9.21. The van der Waals surface area contributed by atoms with E-state index >= 15 is 0 Å². The number of thioether (sulfide) groups is 1. The molecular formula is C12H19NS. The SMILES string of the molecule is CSCNCc1cccc(C(C)C)c1. The Hall–Kier alpha value is -0.470. The lowest BCUT2D eigenvalue weighted by Gasteiger charge is -2.08. The molecule has 0 saturated carbocycles. The van der Waals surface area contributed by atoms with E-state index in [0.717, 1.165) is 12.4 Å². The van der Waals surface area contributed by atoms with E-state index in [1.807, 2.05) is 11.8 Å². The Labute approximate surface area is 91.3 Å². The van der Waals surface area contributed by atoms with Crippen LogP contribution < -0.4 is 5.32 Å². The molecule has 0 fully saturated rings. The number of nitrogens with one attached hydrogen (secondary N) is 1. The lowest BCUT2D eigenvalue weighted by atomic mass is 10.0. The lowest BCUT2D eigenvalue weighted by molar-refractivity contribution is 0.789. The van der Waals surface area contributed by atoms with Gasteiger partial charge in [0.15, 0.2) is 0 Å². The molecule has 0 atom stereocenters. The van der Waals surface area contributed by atoms with Crippen LogP contribution in [-0.2, 0) is 6.54 Å². The van der Waals surface area contributed by atoms with Gasteiger partial charge in [-0.15, -0.1) is 11.8 Å². The Morgan fingerprint density at radius 3 is 2.79 bits per heavy atom. The van der Waals surface area contributed by atoms with Gasteiger partial charge in [-0.05, 0) is 23.3 Å². The van der Waals surface area contributed by atoms with E-state index in [0.29, 0.717) is 5.92 Å². The predicted octanol–water partition coefficient (Wildman–Crippen LogP) is 3.22. The number of benzene rings is 1. The average molecular weight is 209 g/mol. The van der Waals surface area contributed by atoms with Gasteiger partial charge in [-0.25, -0.2) is 0 Å². The summed E-state index contributed by atoms with van der Waals surface area (Å²) in [6.07, 6.45) is 2.11. The third-order valence-electron chi connectivity index (χ3n) is 2.19. The molecule has 1 nitrogen and oxygen atoms in total. The first kappa shape index (κ1) is 11.6. The minimum absolute atomic E-state index is 0.621. The standard InChI is InChI=1S/C12H19NS/c1-10(2)12-6-4-5-11(7-12)8-13-9-14-3/h4-7,10,13H,8-9H2,1-3H3. The summed E-state index contributed by atoms with van der Waals surface area (Å²) in [4.78, 5) is 0. The molecule has 0 aliphatic heterocycles. The molecule has 14 heavy (non-hydrogen) atoms. The second-order valence-electron chi connectivity index (χ2n) is 3.76. The molecule has 0 saturated heterocycles. The van der Waals surface area contributed by atoms with Crippen LogP contribution in [0.4, 0.5) is 0 Å². The molecular weight excluding hydrogens is 190 g/mol. The number of hydrogen-bond donors (Lipinski definition) is 1. The Morgan fingerprint density at radius 1 is 1.36 bits per heavy atom. The highest BCUT2D eigenvalue weighted by Gasteiger charge is 1.99. The molecule has 0 aromatic heterocycles. The van der Waals surface area contributed by atoms with Gasteiger partial charge in [-0.3, -0.25) is 0 Å². The molecule has 0 unspecified atom stereocenters. The fourth-order valence-corrected chi connectivity index (χ4v) is 1.67. The molecule has 78 valence electrons. The zero-order chi connectivity index (χ0) is 10.4. The van der Waals surface area contributed by atoms with Crippen molar-refractivity contribution in [2.24, 2.45) is 0 Å². The first-order chi connectivity index (χ1) is 6.74. The van der Waals surface area contributed by atoms with Crippen LogP contribution >= 0.6 is 11.8 Å². The Kier molecular flexibility index (Phi) is 5.05. The van der Waals surface area contributed by atoms with Gasteiger partial charge in [-0.2, -0.15) is 0 Å². The van der Waals surface area contributed by atoms with Crippen LogP contribution in [0.5, 0.6) is 0 Å². The van der Waals surface area contributed by atoms with Crippen LogP contribution in [0, 0.1) is 0 Å². The highest BCUT2D eigenvalue weighted by molar-refractivity contribution is 7.98. The maximum absolute atomic E-state index is 3.38. The number of hydrogen-bond acceptors (Lipinski definition) is 2. The monoisotopic (exact) mass is 209 g/mol. The average Bonchev–Trinajstić information content (AvgIpc) is 2.19. The minimum atomic E-state index is 0.621. The van der Waals surface area contributed by atoms with Crippen molar-refractivity contribution in [2.45, 2.75) is 26.3 Å². The fraction of sp³-hybridized carbons (Fsp3) is 0.500. The third-order valence-corrected chi connectivity index (χ3v) is 2.69. The van der Waals surface area contributed by atoms with Gasteiger partial charge in [0.1, 0.15) is 0 Å². The van der Waals surface area contributed by atoms with E-state index < -0.39 is 0 Å². The topological polar surface area (TPSA) is 12.0 Å². The molecule has 1 aromatic carbocycles. The van der Waals surface area contributed by atoms with Gasteiger partial charge in [-0.1, -0.05) is 38.1 Å². The molecule has 0 radical (unpaired) electrons. The van der Waals surface area contributed by atoms with E-state index in [9.17, 15) is 0 Å². The van der Waals surface area contributed by atoms with Crippen LogP contribution in [0.1, 0.15) is 30.9 Å². The molecule has 0 bridgehead atoms. The van der Waals surface area contributed by atoms with Crippen molar-refractivity contribution in [2.75, 3.05) is 12.1 Å². The summed E-state index contributed by atoms with van der Waals surface area (Å²) < 4.78 is 0. The van der Waals surface area contributed by atoms with Gasteiger partial charge in [0, 0.05) is 12.4 Å². The van der Waals surface area contributed by atoms with Gasteiger partial charge < -0.3 is 5.32 Å². The quantitative estimate of drug-likeness (QED) is 0.590. The van der Waals surface area contributed by atoms with Crippen molar-refractivity contribution in [1.29, 1.82) is 0 Å². The van der Waals surface area contributed by atoms with Crippen LogP contribution in [0.2, 0.25) is 0 Å². The van der Waals surface area contributed by atoms with Gasteiger partial charge in [0.2, 0.25) is 0 Å². The summed E-state index contributed by atoms with van der Waals surface area (Å²) in [5, 5.41) is 3.38. The molecule has 0 heterocycles. The van der Waals surface area contributed by atoms with E-state index in [2.05, 4.69) is 49.7 Å². The summed E-state index contributed by atoms with van der Waals surface area (Å²) in [5.41, 5.74) is 2.80. The Bertz CT molecular complexity index is 271. The maximum Gasteiger partial charge on any atom is 0.0417 e. The van der Waals surface area contributed by atoms with Crippen molar-refractivity contribution in [1.82, 2.24) is 5.32 Å². The second kappa shape index (κ2) is 6.10. The van der Waals surface area contributed by atoms with E-state index in [1.165, 1.54) is 11.1 Å². The summed E-state index contributed by atoms with van der Waals surface area (Å²) >= 11 is 1.82. The molecule has 0 amide bonds. The Balaban J connectivity index is 2.55. The summed E-state index contributed by atoms with van der Waals surface area (Å²) in [6, 6.07) is 8.81.